The van der Waals surface area contributed by atoms with Gasteiger partial charge in [-0.25, -0.2) is 0 Å². The predicted molar refractivity (Wildman–Crippen MR) is 65.6 cm³/mol. The minimum absolute atomic E-state index is 0.129. The van der Waals surface area contributed by atoms with Crippen LogP contribution in [0.4, 0.5) is 0 Å². The lowest BCUT2D eigenvalue weighted by Crippen LogP contribution is -2.32. The van der Waals surface area contributed by atoms with Crippen molar-refractivity contribution in [2.75, 3.05) is 0 Å². The lowest BCUT2D eigenvalue weighted by molar-refractivity contribution is 0.117. The van der Waals surface area contributed by atoms with E-state index in [-0.39, 0.29) is 11.5 Å². The van der Waals surface area contributed by atoms with Crippen LogP contribution in [0.25, 0.3) is 0 Å². The van der Waals surface area contributed by atoms with Crippen molar-refractivity contribution in [1.82, 2.24) is 0 Å². The Morgan fingerprint density at radius 2 is 2.20 bits per heavy atom. The number of aliphatic hydroxyl groups is 1. The second-order valence-electron chi connectivity index (χ2n) is 5.35. The molecule has 0 aromatic carbocycles. The highest BCUT2D eigenvalue weighted by Crippen LogP contribution is 2.41. The number of hydrogen-bond donors (Lipinski definition) is 1. The predicted octanol–water partition coefficient (Wildman–Crippen LogP) is 3.47. The van der Waals surface area contributed by atoms with Crippen LogP contribution in [-0.4, -0.2) is 11.2 Å². The van der Waals surface area contributed by atoms with Crippen LogP contribution in [-0.2, 0) is 0 Å². The smallest absolute Gasteiger partial charge is 0.0729 e. The number of rotatable bonds is 2. The summed E-state index contributed by atoms with van der Waals surface area (Å²) >= 11 is 0. The molecule has 0 amide bonds. The second-order valence-corrected chi connectivity index (χ2v) is 5.35. The maximum absolute atomic E-state index is 9.69. The highest BCUT2D eigenvalue weighted by Gasteiger charge is 2.34. The summed E-state index contributed by atoms with van der Waals surface area (Å²) < 4.78 is 0. The van der Waals surface area contributed by atoms with E-state index < -0.39 is 0 Å². The van der Waals surface area contributed by atoms with Crippen LogP contribution in [0.3, 0.4) is 0 Å². The first kappa shape index (κ1) is 12.3. The fourth-order valence-corrected chi connectivity index (χ4v) is 2.42. The molecule has 1 aliphatic rings. The molecule has 2 unspecified atom stereocenters. The monoisotopic (exact) mass is 206 g/mol. The highest BCUT2D eigenvalue weighted by molar-refractivity contribution is 5.24. The van der Waals surface area contributed by atoms with Gasteiger partial charge in [-0.1, -0.05) is 49.8 Å². The van der Waals surface area contributed by atoms with Gasteiger partial charge < -0.3 is 5.11 Å². The van der Waals surface area contributed by atoms with Crippen molar-refractivity contribution in [2.24, 2.45) is 11.3 Å². The Morgan fingerprint density at radius 3 is 2.67 bits per heavy atom. The van der Waals surface area contributed by atoms with Crippen LogP contribution in [0, 0.1) is 11.3 Å². The number of allylic oxidation sites excluding steroid dienone is 4. The molecule has 1 nitrogen and oxygen atoms in total. The van der Waals surface area contributed by atoms with Gasteiger partial charge in [0.1, 0.15) is 0 Å². The van der Waals surface area contributed by atoms with Gasteiger partial charge in [0, 0.05) is 5.92 Å². The summed E-state index contributed by atoms with van der Waals surface area (Å²) in [5.74, 6) is 0.414. The minimum Gasteiger partial charge on any atom is -0.389 e. The zero-order valence-electron chi connectivity index (χ0n) is 10.2. The standard InChI is InChI=1S/C14H22O/c1-10(2)6-7-13-11(3)8-12(15)9-14(13,4)5/h6-8,12-13,15H,1,9H2,2-5H3/b7-6+. The summed E-state index contributed by atoms with van der Waals surface area (Å²) in [6.07, 6.45) is 6.80. The summed E-state index contributed by atoms with van der Waals surface area (Å²) in [5.41, 5.74) is 2.46. The average Bonchev–Trinajstić information content (AvgIpc) is 1.98. The van der Waals surface area contributed by atoms with Crippen molar-refractivity contribution in [3.05, 3.63) is 36.0 Å². The Balaban J connectivity index is 2.94. The van der Waals surface area contributed by atoms with Gasteiger partial charge in [-0.2, -0.15) is 0 Å². The molecule has 2 atom stereocenters. The van der Waals surface area contributed by atoms with Crippen molar-refractivity contribution in [3.8, 4) is 0 Å². The van der Waals surface area contributed by atoms with Crippen molar-refractivity contribution in [1.29, 1.82) is 0 Å². The van der Waals surface area contributed by atoms with E-state index in [0.717, 1.165) is 12.0 Å². The Morgan fingerprint density at radius 1 is 1.60 bits per heavy atom. The summed E-state index contributed by atoms with van der Waals surface area (Å²) in [5, 5.41) is 9.69. The van der Waals surface area contributed by atoms with Crippen LogP contribution in [0.1, 0.15) is 34.1 Å². The van der Waals surface area contributed by atoms with Crippen LogP contribution in [0.5, 0.6) is 0 Å². The largest absolute Gasteiger partial charge is 0.389 e. The molecule has 1 heteroatoms. The molecule has 0 saturated carbocycles. The van der Waals surface area contributed by atoms with Gasteiger partial charge in [0.2, 0.25) is 0 Å². The normalized spacial score (nSPS) is 30.3. The number of aliphatic hydroxyl groups excluding tert-OH is 1. The van der Waals surface area contributed by atoms with Gasteiger partial charge in [0.15, 0.2) is 0 Å². The third kappa shape index (κ3) is 3.07. The molecule has 0 aliphatic heterocycles. The van der Waals surface area contributed by atoms with Gasteiger partial charge >= 0.3 is 0 Å². The van der Waals surface area contributed by atoms with Crippen molar-refractivity contribution in [3.63, 3.8) is 0 Å². The molecular weight excluding hydrogens is 184 g/mol. The molecular formula is C14H22O. The van der Waals surface area contributed by atoms with Crippen molar-refractivity contribution in [2.45, 2.75) is 40.2 Å². The van der Waals surface area contributed by atoms with E-state index in [9.17, 15) is 5.11 Å². The van der Waals surface area contributed by atoms with E-state index in [4.69, 9.17) is 0 Å². The SMILES string of the molecule is C=C(C)/C=C/C1C(C)=CC(O)CC1(C)C. The maximum Gasteiger partial charge on any atom is 0.0729 e. The topological polar surface area (TPSA) is 20.2 Å². The Kier molecular flexibility index (Phi) is 3.56. The van der Waals surface area contributed by atoms with Gasteiger partial charge in [0.25, 0.3) is 0 Å². The highest BCUT2D eigenvalue weighted by atomic mass is 16.3. The molecule has 0 radical (unpaired) electrons. The Labute approximate surface area is 93.2 Å². The lowest BCUT2D eigenvalue weighted by Gasteiger charge is -2.38. The quantitative estimate of drug-likeness (QED) is 0.542. The van der Waals surface area contributed by atoms with Crippen LogP contribution in [0.2, 0.25) is 0 Å². The molecule has 0 aromatic rings. The van der Waals surface area contributed by atoms with Crippen LogP contribution < -0.4 is 0 Å². The fourth-order valence-electron chi connectivity index (χ4n) is 2.42. The van der Waals surface area contributed by atoms with E-state index >= 15 is 0 Å². The van der Waals surface area contributed by atoms with Crippen LogP contribution in [0.15, 0.2) is 36.0 Å². The second kappa shape index (κ2) is 4.36. The molecule has 15 heavy (non-hydrogen) atoms. The molecule has 1 aliphatic carbocycles. The first-order valence-electron chi connectivity index (χ1n) is 5.53. The van der Waals surface area contributed by atoms with E-state index in [2.05, 4.69) is 39.5 Å². The Hall–Kier alpha value is -0.820. The van der Waals surface area contributed by atoms with E-state index in [1.165, 1.54) is 5.57 Å². The molecule has 0 fully saturated rings. The lowest BCUT2D eigenvalue weighted by atomic mass is 9.68. The van der Waals surface area contributed by atoms with Crippen molar-refractivity contribution < 1.29 is 5.11 Å². The minimum atomic E-state index is -0.283. The third-order valence-corrected chi connectivity index (χ3v) is 3.10. The van der Waals surface area contributed by atoms with Gasteiger partial charge in [0.05, 0.1) is 6.10 Å². The summed E-state index contributed by atoms with van der Waals surface area (Å²) in [6.45, 7) is 12.4. The number of hydrogen-bond acceptors (Lipinski definition) is 1. The maximum atomic E-state index is 9.69. The van der Waals surface area contributed by atoms with E-state index in [1.807, 2.05) is 13.0 Å². The van der Waals surface area contributed by atoms with Gasteiger partial charge in [-0.15, -0.1) is 0 Å². The van der Waals surface area contributed by atoms with E-state index in [1.54, 1.807) is 0 Å². The molecule has 0 saturated heterocycles. The molecule has 0 heterocycles. The molecule has 1 rings (SSSR count). The molecule has 1 N–H and O–H groups in total. The Bertz CT molecular complexity index is 307. The van der Waals surface area contributed by atoms with E-state index in [0.29, 0.717) is 5.92 Å². The zero-order valence-corrected chi connectivity index (χ0v) is 10.2. The molecule has 0 spiro atoms. The first-order chi connectivity index (χ1) is 6.83. The van der Waals surface area contributed by atoms with Gasteiger partial charge in [-0.3, -0.25) is 0 Å². The third-order valence-electron chi connectivity index (χ3n) is 3.10. The zero-order chi connectivity index (χ0) is 11.6. The van der Waals surface area contributed by atoms with Gasteiger partial charge in [-0.05, 0) is 25.7 Å². The summed E-state index contributed by atoms with van der Waals surface area (Å²) in [7, 11) is 0. The summed E-state index contributed by atoms with van der Waals surface area (Å²) in [4.78, 5) is 0. The first-order valence-corrected chi connectivity index (χ1v) is 5.53. The summed E-state index contributed by atoms with van der Waals surface area (Å²) in [6, 6.07) is 0. The molecule has 0 bridgehead atoms. The molecule has 0 aromatic heterocycles. The van der Waals surface area contributed by atoms with Crippen LogP contribution >= 0.6 is 0 Å². The molecule has 84 valence electrons. The van der Waals surface area contributed by atoms with Crippen molar-refractivity contribution >= 4 is 0 Å². The average molecular weight is 206 g/mol. The fraction of sp³-hybridized carbons (Fsp3) is 0.571.